The van der Waals surface area contributed by atoms with Gasteiger partial charge in [-0.2, -0.15) is 0 Å². The van der Waals surface area contributed by atoms with Crippen LogP contribution in [-0.2, 0) is 6.42 Å². The predicted molar refractivity (Wildman–Crippen MR) is 57.2 cm³/mol. The number of likely N-dealkylation sites (N-methyl/N-ethyl adjacent to an activating group) is 1. The van der Waals surface area contributed by atoms with Gasteiger partial charge in [-0.25, -0.2) is 0 Å². The molecule has 0 spiro atoms. The Hall–Kier alpha value is -1.24. The van der Waals surface area contributed by atoms with Crippen LogP contribution < -0.4 is 4.90 Å². The van der Waals surface area contributed by atoms with E-state index in [0.717, 1.165) is 6.42 Å². The molecule has 0 aromatic heterocycles. The van der Waals surface area contributed by atoms with Crippen LogP contribution in [0.5, 0.6) is 0 Å². The molecule has 0 saturated carbocycles. The molecule has 1 aromatic rings. The van der Waals surface area contributed by atoms with Crippen LogP contribution in [0.1, 0.15) is 12.5 Å². The summed E-state index contributed by atoms with van der Waals surface area (Å²) in [6.45, 7) is 2.08. The third-order valence-electron chi connectivity index (χ3n) is 2.71. The van der Waals surface area contributed by atoms with Crippen LogP contribution in [0.25, 0.3) is 0 Å². The van der Waals surface area contributed by atoms with Crippen molar-refractivity contribution in [2.75, 3.05) is 11.9 Å². The summed E-state index contributed by atoms with van der Waals surface area (Å²) >= 11 is 0. The van der Waals surface area contributed by atoms with Crippen molar-refractivity contribution in [3.8, 4) is 0 Å². The molecule has 0 unspecified atom stereocenters. The fraction of sp³-hybridized carbons (Fsp3) is 0.333. The molecule has 0 N–H and O–H groups in total. The number of allylic oxidation sites excluding steroid dienone is 1. The molecule has 1 heterocycles. The summed E-state index contributed by atoms with van der Waals surface area (Å²) in [6.07, 6.45) is 5.55. The van der Waals surface area contributed by atoms with Crippen LogP contribution in [0.4, 0.5) is 5.69 Å². The van der Waals surface area contributed by atoms with E-state index in [1.807, 2.05) is 0 Å². The smallest absolute Gasteiger partial charge is 0.0510 e. The fourth-order valence-electron chi connectivity index (χ4n) is 1.99. The molecule has 0 amide bonds. The molecule has 0 bridgehead atoms. The van der Waals surface area contributed by atoms with Gasteiger partial charge in [-0.1, -0.05) is 30.4 Å². The second-order valence-electron chi connectivity index (χ2n) is 3.54. The first-order valence-electron chi connectivity index (χ1n) is 4.76. The number of rotatable bonds is 1. The van der Waals surface area contributed by atoms with Crippen molar-refractivity contribution in [3.63, 3.8) is 0 Å². The molecule has 1 heteroatoms. The minimum atomic E-state index is 0.558. The number of anilines is 1. The van der Waals surface area contributed by atoms with E-state index in [0.29, 0.717) is 6.04 Å². The number of nitrogens with zero attached hydrogens (tertiary/aromatic N) is 1. The normalized spacial score (nSPS) is 21.1. The number of hydrogen-bond donors (Lipinski definition) is 0. The number of benzene rings is 1. The third kappa shape index (κ3) is 1.35. The Kier molecular flexibility index (Phi) is 2.09. The summed E-state index contributed by atoms with van der Waals surface area (Å²) in [5.74, 6) is 0. The fourth-order valence-corrected chi connectivity index (χ4v) is 1.99. The van der Waals surface area contributed by atoms with E-state index < -0.39 is 0 Å². The average molecular weight is 173 g/mol. The molecular weight excluding hydrogens is 158 g/mol. The summed E-state index contributed by atoms with van der Waals surface area (Å²) in [7, 11) is 2.16. The van der Waals surface area contributed by atoms with Gasteiger partial charge in [-0.05, 0) is 25.0 Å². The lowest BCUT2D eigenvalue weighted by Gasteiger charge is -2.19. The topological polar surface area (TPSA) is 3.24 Å². The molecule has 0 aliphatic carbocycles. The molecule has 13 heavy (non-hydrogen) atoms. The Bertz CT molecular complexity index is 328. The van der Waals surface area contributed by atoms with Crippen molar-refractivity contribution in [1.82, 2.24) is 0 Å². The van der Waals surface area contributed by atoms with E-state index in [1.54, 1.807) is 0 Å². The second-order valence-corrected chi connectivity index (χ2v) is 3.54. The van der Waals surface area contributed by atoms with E-state index in [2.05, 4.69) is 55.3 Å². The third-order valence-corrected chi connectivity index (χ3v) is 2.71. The van der Waals surface area contributed by atoms with Gasteiger partial charge in [-0.15, -0.1) is 0 Å². The SMILES string of the molecule is C/C=C/[C@@H]1Cc2ccccc2N1C. The summed E-state index contributed by atoms with van der Waals surface area (Å²) in [4.78, 5) is 2.34. The zero-order valence-corrected chi connectivity index (χ0v) is 8.20. The zero-order valence-electron chi connectivity index (χ0n) is 8.20. The Morgan fingerprint density at radius 1 is 1.38 bits per heavy atom. The second kappa shape index (κ2) is 3.25. The predicted octanol–water partition coefficient (Wildman–Crippen LogP) is 2.62. The summed E-state index contributed by atoms with van der Waals surface area (Å²) in [5.41, 5.74) is 2.85. The maximum Gasteiger partial charge on any atom is 0.0510 e. The molecular formula is C12H15N. The lowest BCUT2D eigenvalue weighted by molar-refractivity contribution is 0.800. The molecule has 0 saturated heterocycles. The van der Waals surface area contributed by atoms with E-state index in [4.69, 9.17) is 0 Å². The van der Waals surface area contributed by atoms with Crippen LogP contribution in [0, 0.1) is 0 Å². The van der Waals surface area contributed by atoms with Gasteiger partial charge in [0.25, 0.3) is 0 Å². The van der Waals surface area contributed by atoms with E-state index >= 15 is 0 Å². The highest BCUT2D eigenvalue weighted by Crippen LogP contribution is 2.30. The standard InChI is InChI=1S/C12H15N/c1-3-6-11-9-10-7-4-5-8-12(10)13(11)2/h3-8,11H,9H2,1-2H3/b6-3+/t11-/m1/s1. The maximum absolute atomic E-state index is 2.34. The largest absolute Gasteiger partial charge is 0.368 e. The van der Waals surface area contributed by atoms with E-state index in [-0.39, 0.29) is 0 Å². The highest BCUT2D eigenvalue weighted by molar-refractivity contribution is 5.59. The summed E-state index contributed by atoms with van der Waals surface area (Å²) in [6, 6.07) is 9.19. The lowest BCUT2D eigenvalue weighted by Crippen LogP contribution is -2.25. The minimum Gasteiger partial charge on any atom is -0.368 e. The Morgan fingerprint density at radius 3 is 2.85 bits per heavy atom. The van der Waals surface area contributed by atoms with Crippen LogP contribution in [0.2, 0.25) is 0 Å². The quantitative estimate of drug-likeness (QED) is 0.590. The van der Waals surface area contributed by atoms with Crippen molar-refractivity contribution >= 4 is 5.69 Å². The highest BCUT2D eigenvalue weighted by atomic mass is 15.1. The zero-order chi connectivity index (χ0) is 9.26. The molecule has 2 rings (SSSR count). The van der Waals surface area contributed by atoms with Crippen molar-refractivity contribution in [2.45, 2.75) is 19.4 Å². The van der Waals surface area contributed by atoms with Crippen molar-refractivity contribution < 1.29 is 0 Å². The van der Waals surface area contributed by atoms with Gasteiger partial charge in [0.2, 0.25) is 0 Å². The van der Waals surface area contributed by atoms with Gasteiger partial charge in [0.1, 0.15) is 0 Å². The summed E-state index contributed by atoms with van der Waals surface area (Å²) in [5, 5.41) is 0. The first kappa shape index (κ1) is 8.36. The van der Waals surface area contributed by atoms with Gasteiger partial charge < -0.3 is 4.90 Å². The molecule has 1 atom stereocenters. The summed E-state index contributed by atoms with van der Waals surface area (Å²) < 4.78 is 0. The molecule has 0 fully saturated rings. The molecule has 1 aliphatic rings. The molecule has 68 valence electrons. The Morgan fingerprint density at radius 2 is 2.15 bits per heavy atom. The van der Waals surface area contributed by atoms with Crippen LogP contribution >= 0.6 is 0 Å². The van der Waals surface area contributed by atoms with Gasteiger partial charge in [0.05, 0.1) is 6.04 Å². The van der Waals surface area contributed by atoms with E-state index in [1.165, 1.54) is 11.3 Å². The molecule has 1 aromatic carbocycles. The van der Waals surface area contributed by atoms with Crippen molar-refractivity contribution in [2.24, 2.45) is 0 Å². The van der Waals surface area contributed by atoms with E-state index in [9.17, 15) is 0 Å². The molecule has 0 radical (unpaired) electrons. The maximum atomic E-state index is 2.34. The Labute approximate surface area is 79.7 Å². The van der Waals surface area contributed by atoms with Crippen molar-refractivity contribution in [3.05, 3.63) is 42.0 Å². The number of hydrogen-bond acceptors (Lipinski definition) is 1. The number of para-hydroxylation sites is 1. The van der Waals surface area contributed by atoms with Crippen LogP contribution in [0.3, 0.4) is 0 Å². The van der Waals surface area contributed by atoms with Crippen LogP contribution in [0.15, 0.2) is 36.4 Å². The molecule has 1 nitrogen and oxygen atoms in total. The number of fused-ring (bicyclic) bond motifs is 1. The van der Waals surface area contributed by atoms with Crippen LogP contribution in [-0.4, -0.2) is 13.1 Å². The monoisotopic (exact) mass is 173 g/mol. The Balaban J connectivity index is 2.32. The minimum absolute atomic E-state index is 0.558. The van der Waals surface area contributed by atoms with Gasteiger partial charge in [0, 0.05) is 12.7 Å². The van der Waals surface area contributed by atoms with Gasteiger partial charge in [0.15, 0.2) is 0 Å². The van der Waals surface area contributed by atoms with Gasteiger partial charge >= 0.3 is 0 Å². The van der Waals surface area contributed by atoms with Gasteiger partial charge in [-0.3, -0.25) is 0 Å². The first-order valence-corrected chi connectivity index (χ1v) is 4.76. The molecule has 1 aliphatic heterocycles. The highest BCUT2D eigenvalue weighted by Gasteiger charge is 2.22. The average Bonchev–Trinajstić information content (AvgIpc) is 2.46. The first-order chi connectivity index (χ1) is 6.33. The lowest BCUT2D eigenvalue weighted by atomic mass is 10.1. The van der Waals surface area contributed by atoms with Crippen molar-refractivity contribution in [1.29, 1.82) is 0 Å².